The van der Waals surface area contributed by atoms with Crippen molar-refractivity contribution in [1.29, 1.82) is 0 Å². The van der Waals surface area contributed by atoms with Gasteiger partial charge in [0.05, 0.1) is 12.7 Å². The lowest BCUT2D eigenvalue weighted by molar-refractivity contribution is -0.139. The molecule has 11 nitrogen and oxygen atoms in total. The third-order valence-electron chi connectivity index (χ3n) is 11.7. The summed E-state index contributed by atoms with van der Waals surface area (Å²) < 4.78 is 50.3. The molecule has 3 saturated heterocycles. The maximum absolute atomic E-state index is 14.3. The number of anilines is 2. The number of aryl methyl sites for hydroxylation is 1. The Morgan fingerprint density at radius 3 is 2.33 bits per heavy atom. The first-order valence-corrected chi connectivity index (χ1v) is 19.6. The molecule has 0 spiro atoms. The van der Waals surface area contributed by atoms with E-state index < -0.39 is 29.6 Å². The van der Waals surface area contributed by atoms with Crippen LogP contribution in [0.15, 0.2) is 65.6 Å². The van der Waals surface area contributed by atoms with Crippen molar-refractivity contribution in [3.8, 4) is 16.9 Å². The maximum Gasteiger partial charge on any atom is 0.418 e. The Labute approximate surface area is 333 Å². The molecule has 4 heterocycles. The lowest BCUT2D eigenvalue weighted by Crippen LogP contribution is -2.49. The number of fused-ring (bicyclic) bond motifs is 1. The van der Waals surface area contributed by atoms with Crippen molar-refractivity contribution < 1.29 is 32.3 Å². The minimum atomic E-state index is -4.64. The number of imide groups is 1. The second kappa shape index (κ2) is 16.4. The van der Waals surface area contributed by atoms with Crippen LogP contribution in [0.25, 0.3) is 21.9 Å². The van der Waals surface area contributed by atoms with Crippen molar-refractivity contribution in [2.75, 3.05) is 50.6 Å². The van der Waals surface area contributed by atoms with E-state index in [1.807, 2.05) is 54.5 Å². The highest BCUT2D eigenvalue weighted by molar-refractivity contribution is 6.32. The molecule has 7 rings (SSSR count). The first-order valence-electron chi connectivity index (χ1n) is 19.2. The van der Waals surface area contributed by atoms with Gasteiger partial charge in [-0.1, -0.05) is 29.8 Å². The smallest absolute Gasteiger partial charge is 0.418 e. The number of likely N-dealkylation sites (tertiary alicyclic amines) is 1. The molecule has 0 radical (unpaired) electrons. The second-order valence-corrected chi connectivity index (χ2v) is 15.6. The molecule has 3 aromatic carbocycles. The molecule has 2 N–H and O–H groups in total. The Morgan fingerprint density at radius 1 is 0.965 bits per heavy atom. The van der Waals surface area contributed by atoms with Crippen LogP contribution in [0, 0.1) is 5.92 Å². The molecule has 1 atom stereocenters. The lowest BCUT2D eigenvalue weighted by Gasteiger charge is -2.40. The van der Waals surface area contributed by atoms with Crippen LogP contribution in [0.3, 0.4) is 0 Å². The molecule has 15 heteroatoms. The Kier molecular flexibility index (Phi) is 11.6. The van der Waals surface area contributed by atoms with Gasteiger partial charge in [-0.25, -0.2) is 0 Å². The van der Waals surface area contributed by atoms with Crippen LogP contribution >= 0.6 is 11.6 Å². The Hall–Kier alpha value is -5.08. The van der Waals surface area contributed by atoms with Crippen LogP contribution in [0.1, 0.15) is 49.7 Å². The normalized spacial score (nSPS) is 18.8. The van der Waals surface area contributed by atoms with E-state index in [0.717, 1.165) is 54.1 Å². The summed E-state index contributed by atoms with van der Waals surface area (Å²) >= 11 is 6.93. The number of rotatable bonds is 9. The lowest BCUT2D eigenvalue weighted by atomic mass is 9.92. The summed E-state index contributed by atoms with van der Waals surface area (Å²) in [5, 5.41) is 7.07. The number of nitrogens with zero attached hydrogens (tertiary/aromatic N) is 4. The van der Waals surface area contributed by atoms with Gasteiger partial charge in [0, 0.05) is 104 Å². The number of piperidine rings is 3. The van der Waals surface area contributed by atoms with E-state index in [1.54, 1.807) is 23.6 Å². The molecule has 3 aliphatic heterocycles. The number of alkyl halides is 3. The number of carbonyl (C=O) groups is 3. The molecular formula is C42H46ClF3N6O5. The van der Waals surface area contributed by atoms with E-state index >= 15 is 0 Å². The minimum Gasteiger partial charge on any atom is -0.496 e. The number of carbonyl (C=O) groups excluding carboxylic acids is 3. The van der Waals surface area contributed by atoms with E-state index in [4.69, 9.17) is 16.3 Å². The quantitative estimate of drug-likeness (QED) is 0.186. The SMILES string of the molecule is COc1cc(-c2cn(C)c(=O)c3ccccc23)cc(Cl)c1CN1CCC(N(C)C(=O)C2CCN(c3ccc(NC4CCC(=O)NC4=O)cc3C(F)(F)F)CC2)CC1. The van der Waals surface area contributed by atoms with Crippen molar-refractivity contribution in [3.05, 3.63) is 87.3 Å². The zero-order valence-electron chi connectivity index (χ0n) is 32.1. The molecule has 0 aliphatic carbocycles. The fraction of sp³-hybridized carbons (Fsp3) is 0.429. The molecule has 0 saturated carbocycles. The first kappa shape index (κ1) is 40.1. The van der Waals surface area contributed by atoms with Crippen LogP contribution in [-0.2, 0) is 34.2 Å². The number of halogens is 4. The fourth-order valence-electron chi connectivity index (χ4n) is 8.43. The summed E-state index contributed by atoms with van der Waals surface area (Å²) in [5.74, 6) is -0.595. The number of amides is 3. The first-order chi connectivity index (χ1) is 27.2. The molecule has 4 aromatic rings. The van der Waals surface area contributed by atoms with E-state index in [-0.39, 0.29) is 47.6 Å². The molecule has 1 unspecified atom stereocenters. The standard InChI is InChI=1S/C42H46ClF3N6O5/c1-49-23-31(29-6-4-5-7-30(29)41(49)56)26-20-34(43)32(37(21-26)57-3)24-51-16-14-28(15-17-51)50(2)40(55)25-12-18-52(19-13-25)36-10-8-27(22-33(36)42(44,45)46)47-35-9-11-38(53)48-39(35)54/h4-8,10,20-23,25,28,35,47H,9,11-19,24H2,1-3H3,(H,48,53,54). The topological polar surface area (TPSA) is 116 Å². The Bertz CT molecular complexity index is 2250. The highest BCUT2D eigenvalue weighted by Gasteiger charge is 2.38. The molecular weight excluding hydrogens is 761 g/mol. The summed E-state index contributed by atoms with van der Waals surface area (Å²) in [5.41, 5.74) is 1.87. The van der Waals surface area contributed by atoms with Gasteiger partial charge in [-0.15, -0.1) is 0 Å². The summed E-state index contributed by atoms with van der Waals surface area (Å²) in [6, 6.07) is 14.5. The predicted octanol–water partition coefficient (Wildman–Crippen LogP) is 6.44. The van der Waals surface area contributed by atoms with Crippen molar-refractivity contribution in [2.45, 2.75) is 63.3 Å². The van der Waals surface area contributed by atoms with Crippen LogP contribution in [0.4, 0.5) is 24.5 Å². The molecule has 3 amide bonds. The van der Waals surface area contributed by atoms with E-state index in [1.165, 1.54) is 12.1 Å². The van der Waals surface area contributed by atoms with Crippen LogP contribution in [0.5, 0.6) is 5.75 Å². The van der Waals surface area contributed by atoms with Crippen LogP contribution in [0.2, 0.25) is 5.02 Å². The van der Waals surface area contributed by atoms with Gasteiger partial charge in [-0.3, -0.25) is 29.4 Å². The molecule has 3 fully saturated rings. The Balaban J connectivity index is 0.948. The van der Waals surface area contributed by atoms with Gasteiger partial charge < -0.3 is 24.4 Å². The largest absolute Gasteiger partial charge is 0.496 e. The number of benzene rings is 3. The van der Waals surface area contributed by atoms with Gasteiger partial charge in [0.15, 0.2) is 0 Å². The zero-order valence-corrected chi connectivity index (χ0v) is 32.9. The maximum atomic E-state index is 14.3. The molecule has 3 aliphatic rings. The summed E-state index contributed by atoms with van der Waals surface area (Å²) in [6.07, 6.45) is -0.139. The van der Waals surface area contributed by atoms with Gasteiger partial charge in [0.2, 0.25) is 17.7 Å². The van der Waals surface area contributed by atoms with Crippen molar-refractivity contribution in [3.63, 3.8) is 0 Å². The van der Waals surface area contributed by atoms with Gasteiger partial charge in [0.25, 0.3) is 5.56 Å². The van der Waals surface area contributed by atoms with Crippen molar-refractivity contribution in [1.82, 2.24) is 19.7 Å². The monoisotopic (exact) mass is 806 g/mol. The second-order valence-electron chi connectivity index (χ2n) is 15.2. The molecule has 57 heavy (non-hydrogen) atoms. The number of methoxy groups -OCH3 is 1. The number of pyridine rings is 1. The number of hydrogen-bond acceptors (Lipinski definition) is 8. The molecule has 1 aromatic heterocycles. The summed E-state index contributed by atoms with van der Waals surface area (Å²) in [7, 11) is 5.17. The van der Waals surface area contributed by atoms with E-state index in [0.29, 0.717) is 48.6 Å². The van der Waals surface area contributed by atoms with Gasteiger partial charge in [-0.05, 0) is 79.5 Å². The van der Waals surface area contributed by atoms with Crippen LogP contribution < -0.4 is 25.8 Å². The number of nitrogens with one attached hydrogen (secondary N) is 2. The Morgan fingerprint density at radius 2 is 1.67 bits per heavy atom. The average molecular weight is 807 g/mol. The fourth-order valence-corrected chi connectivity index (χ4v) is 8.70. The van der Waals surface area contributed by atoms with Crippen molar-refractivity contribution >= 4 is 51.5 Å². The zero-order chi connectivity index (χ0) is 40.6. The van der Waals surface area contributed by atoms with Crippen molar-refractivity contribution in [2.24, 2.45) is 13.0 Å². The average Bonchev–Trinajstić information content (AvgIpc) is 3.20. The summed E-state index contributed by atoms with van der Waals surface area (Å²) in [6.45, 7) is 2.63. The number of ether oxygens (including phenoxy) is 1. The number of aromatic nitrogens is 1. The predicted molar refractivity (Wildman–Crippen MR) is 213 cm³/mol. The third kappa shape index (κ3) is 8.47. The van der Waals surface area contributed by atoms with E-state index in [2.05, 4.69) is 15.5 Å². The van der Waals surface area contributed by atoms with Crippen LogP contribution in [-0.4, -0.2) is 84.5 Å². The highest BCUT2D eigenvalue weighted by atomic mass is 35.5. The van der Waals surface area contributed by atoms with E-state index in [9.17, 15) is 32.3 Å². The van der Waals surface area contributed by atoms with Gasteiger partial charge in [-0.2, -0.15) is 13.2 Å². The highest BCUT2D eigenvalue weighted by Crippen LogP contribution is 2.41. The number of hydrogen-bond donors (Lipinski definition) is 2. The molecule has 0 bridgehead atoms. The minimum absolute atomic E-state index is 0.0131. The third-order valence-corrected chi connectivity index (χ3v) is 12.0. The summed E-state index contributed by atoms with van der Waals surface area (Å²) in [4.78, 5) is 55.9. The van der Waals surface area contributed by atoms with Gasteiger partial charge >= 0.3 is 6.18 Å². The molecule has 302 valence electrons. The van der Waals surface area contributed by atoms with Gasteiger partial charge in [0.1, 0.15) is 11.8 Å².